The summed E-state index contributed by atoms with van der Waals surface area (Å²) in [6.45, 7) is 6.61. The molecule has 0 aromatic heterocycles. The fraction of sp³-hybridized carbons (Fsp3) is 0.850. The van der Waals surface area contributed by atoms with Gasteiger partial charge in [0.1, 0.15) is 13.2 Å². The molecule has 1 atom stereocenters. The van der Waals surface area contributed by atoms with Crippen molar-refractivity contribution in [3.8, 4) is 0 Å². The van der Waals surface area contributed by atoms with E-state index in [1.807, 2.05) is 0 Å². The lowest BCUT2D eigenvalue weighted by molar-refractivity contribution is -0.167. The molecule has 0 saturated heterocycles. The van der Waals surface area contributed by atoms with E-state index in [1.54, 1.807) is 0 Å². The number of unbranched alkanes of at least 4 members (excludes halogenated alkanes) is 36. The Morgan fingerprint density at radius 3 is 0.879 bits per heavy atom. The maximum absolute atomic E-state index is 12.8. The van der Waals surface area contributed by atoms with Crippen molar-refractivity contribution < 1.29 is 28.6 Å². The Hall–Kier alpha value is -2.37. The number of esters is 3. The van der Waals surface area contributed by atoms with Crippen molar-refractivity contribution in [2.75, 3.05) is 13.2 Å². The monoisotopic (exact) mass is 927 g/mol. The molecule has 0 radical (unpaired) electrons. The highest BCUT2D eigenvalue weighted by Crippen LogP contribution is 2.16. The van der Waals surface area contributed by atoms with E-state index in [0.717, 1.165) is 70.6 Å². The summed E-state index contributed by atoms with van der Waals surface area (Å²) < 4.78 is 16.8. The normalized spacial score (nSPS) is 12.2. The third-order valence-corrected chi connectivity index (χ3v) is 12.9. The lowest BCUT2D eigenvalue weighted by atomic mass is 10.0. The van der Waals surface area contributed by atoms with Crippen molar-refractivity contribution in [1.29, 1.82) is 0 Å². The third kappa shape index (κ3) is 52.6. The van der Waals surface area contributed by atoms with Crippen molar-refractivity contribution in [3.63, 3.8) is 0 Å². The molecule has 0 spiro atoms. The molecular formula is C60H110O6. The van der Waals surface area contributed by atoms with Crippen LogP contribution in [0.1, 0.15) is 310 Å². The van der Waals surface area contributed by atoms with E-state index >= 15 is 0 Å². The van der Waals surface area contributed by atoms with Crippen molar-refractivity contribution in [3.05, 3.63) is 36.5 Å². The molecule has 0 fully saturated rings. The topological polar surface area (TPSA) is 78.9 Å². The predicted molar refractivity (Wildman–Crippen MR) is 284 cm³/mol. The molecular weight excluding hydrogens is 817 g/mol. The Morgan fingerprint density at radius 2 is 0.545 bits per heavy atom. The molecule has 1 unspecified atom stereocenters. The number of allylic oxidation sites excluding steroid dienone is 6. The van der Waals surface area contributed by atoms with E-state index in [2.05, 4.69) is 57.2 Å². The Kier molecular flexibility index (Phi) is 53.2. The molecule has 0 saturated carbocycles. The van der Waals surface area contributed by atoms with Gasteiger partial charge in [0.2, 0.25) is 0 Å². The predicted octanol–water partition coefficient (Wildman–Crippen LogP) is 19.3. The highest BCUT2D eigenvalue weighted by atomic mass is 16.6. The van der Waals surface area contributed by atoms with Gasteiger partial charge in [-0.25, -0.2) is 0 Å². The maximum atomic E-state index is 12.8. The van der Waals surface area contributed by atoms with E-state index < -0.39 is 6.10 Å². The first-order valence-corrected chi connectivity index (χ1v) is 29.0. The van der Waals surface area contributed by atoms with Gasteiger partial charge in [-0.05, 0) is 77.0 Å². The second-order valence-electron chi connectivity index (χ2n) is 19.6. The van der Waals surface area contributed by atoms with Gasteiger partial charge in [-0.3, -0.25) is 14.4 Å². The van der Waals surface area contributed by atoms with Crippen LogP contribution in [0.5, 0.6) is 0 Å². The summed E-state index contributed by atoms with van der Waals surface area (Å²) in [4.78, 5) is 38.0. The number of hydrogen-bond acceptors (Lipinski definition) is 6. The zero-order valence-corrected chi connectivity index (χ0v) is 44.2. The van der Waals surface area contributed by atoms with Crippen LogP contribution >= 0.6 is 0 Å². The molecule has 0 aromatic carbocycles. The van der Waals surface area contributed by atoms with Gasteiger partial charge >= 0.3 is 17.9 Å². The van der Waals surface area contributed by atoms with Crippen molar-refractivity contribution in [2.24, 2.45) is 0 Å². The molecule has 386 valence electrons. The summed E-state index contributed by atoms with van der Waals surface area (Å²) in [7, 11) is 0. The minimum atomic E-state index is -0.772. The van der Waals surface area contributed by atoms with Crippen molar-refractivity contribution in [2.45, 2.75) is 316 Å². The van der Waals surface area contributed by atoms with Crippen LogP contribution < -0.4 is 0 Å². The smallest absolute Gasteiger partial charge is 0.306 e. The third-order valence-electron chi connectivity index (χ3n) is 12.9. The molecule has 6 nitrogen and oxygen atoms in total. The molecule has 0 rings (SSSR count). The molecule has 0 amide bonds. The molecule has 66 heavy (non-hydrogen) atoms. The van der Waals surface area contributed by atoms with Gasteiger partial charge in [-0.1, -0.05) is 250 Å². The summed E-state index contributed by atoms with van der Waals surface area (Å²) in [5.74, 6) is -0.871. The lowest BCUT2D eigenvalue weighted by Gasteiger charge is -2.18. The first kappa shape index (κ1) is 63.6. The van der Waals surface area contributed by atoms with Gasteiger partial charge in [0.15, 0.2) is 6.10 Å². The van der Waals surface area contributed by atoms with Crippen molar-refractivity contribution >= 4 is 17.9 Å². The Labute approximate surface area is 410 Å². The van der Waals surface area contributed by atoms with E-state index in [9.17, 15) is 14.4 Å². The van der Waals surface area contributed by atoms with Crippen LogP contribution in [-0.4, -0.2) is 37.2 Å². The van der Waals surface area contributed by atoms with Crippen LogP contribution in [0.15, 0.2) is 36.5 Å². The zero-order valence-electron chi connectivity index (χ0n) is 44.2. The number of carbonyl (C=O) groups excluding carboxylic acids is 3. The van der Waals surface area contributed by atoms with Gasteiger partial charge in [0.25, 0.3) is 0 Å². The molecule has 0 bridgehead atoms. The minimum Gasteiger partial charge on any atom is -0.462 e. The Bertz CT molecular complexity index is 1110. The molecule has 0 aliphatic rings. The van der Waals surface area contributed by atoms with Gasteiger partial charge in [-0.2, -0.15) is 0 Å². The average molecular weight is 928 g/mol. The summed E-state index contributed by atoms with van der Waals surface area (Å²) >= 11 is 0. The summed E-state index contributed by atoms with van der Waals surface area (Å²) in [6.07, 6.45) is 65.8. The van der Waals surface area contributed by atoms with Crippen LogP contribution in [-0.2, 0) is 28.6 Å². The quantitative estimate of drug-likeness (QED) is 0.0262. The Balaban J connectivity index is 4.19. The molecule has 0 heterocycles. The van der Waals surface area contributed by atoms with Gasteiger partial charge < -0.3 is 14.2 Å². The summed E-state index contributed by atoms with van der Waals surface area (Å²) in [6, 6.07) is 0. The van der Waals surface area contributed by atoms with Crippen LogP contribution in [0.2, 0.25) is 0 Å². The SMILES string of the molecule is CCCCC/C=C\C/C=C\CCCCCCCCCC(=O)OC(COC(=O)CCCCCCCCCC)COC(=O)CCCCCCCCCCCCC/C=C\CCCCCCCCCC. The fourth-order valence-electron chi connectivity index (χ4n) is 8.47. The first-order valence-electron chi connectivity index (χ1n) is 29.0. The van der Waals surface area contributed by atoms with Crippen LogP contribution in [0.4, 0.5) is 0 Å². The van der Waals surface area contributed by atoms with Crippen LogP contribution in [0.3, 0.4) is 0 Å². The van der Waals surface area contributed by atoms with Crippen LogP contribution in [0.25, 0.3) is 0 Å². The molecule has 0 N–H and O–H groups in total. The number of carbonyl (C=O) groups is 3. The number of rotatable bonds is 53. The fourth-order valence-corrected chi connectivity index (χ4v) is 8.47. The second kappa shape index (κ2) is 55.2. The molecule has 0 aliphatic carbocycles. The molecule has 0 aliphatic heterocycles. The van der Waals surface area contributed by atoms with Crippen molar-refractivity contribution in [1.82, 2.24) is 0 Å². The van der Waals surface area contributed by atoms with Crippen LogP contribution in [0, 0.1) is 0 Å². The van der Waals surface area contributed by atoms with E-state index in [4.69, 9.17) is 14.2 Å². The second-order valence-corrected chi connectivity index (χ2v) is 19.6. The molecule has 0 aromatic rings. The Morgan fingerprint density at radius 1 is 0.303 bits per heavy atom. The van der Waals surface area contributed by atoms with Gasteiger partial charge in [-0.15, -0.1) is 0 Å². The van der Waals surface area contributed by atoms with E-state index in [-0.39, 0.29) is 31.1 Å². The summed E-state index contributed by atoms with van der Waals surface area (Å²) in [5, 5.41) is 0. The zero-order chi connectivity index (χ0) is 47.9. The average Bonchev–Trinajstić information content (AvgIpc) is 3.31. The van der Waals surface area contributed by atoms with Gasteiger partial charge in [0.05, 0.1) is 0 Å². The highest BCUT2D eigenvalue weighted by Gasteiger charge is 2.19. The van der Waals surface area contributed by atoms with E-state index in [0.29, 0.717) is 19.3 Å². The first-order chi connectivity index (χ1) is 32.5. The summed E-state index contributed by atoms with van der Waals surface area (Å²) in [5.41, 5.74) is 0. The maximum Gasteiger partial charge on any atom is 0.306 e. The number of ether oxygens (including phenoxy) is 3. The van der Waals surface area contributed by atoms with E-state index in [1.165, 1.54) is 199 Å². The standard InChI is InChI=1S/C60H110O6/c1-4-7-10-13-16-19-21-23-25-27-28-29-30-31-32-34-35-37-39-41-44-47-50-53-59(62)65-56-57(55-64-58(61)52-49-46-43-18-15-12-9-6-3)66-60(63)54-51-48-45-42-40-38-36-33-26-24-22-20-17-14-11-8-5-2/h17,20,24,26-28,57H,4-16,18-19,21-23,25,29-56H2,1-3H3/b20-17-,26-24-,28-27-. The minimum absolute atomic E-state index is 0.0728. The molecule has 6 heteroatoms. The van der Waals surface area contributed by atoms with Gasteiger partial charge in [0, 0.05) is 19.3 Å². The lowest BCUT2D eigenvalue weighted by Crippen LogP contribution is -2.30. The highest BCUT2D eigenvalue weighted by molar-refractivity contribution is 5.71. The largest absolute Gasteiger partial charge is 0.462 e. The number of hydrogen-bond donors (Lipinski definition) is 0.